The second-order valence-electron chi connectivity index (χ2n) is 7.14. The molecule has 0 aliphatic heterocycles. The second-order valence-corrected chi connectivity index (χ2v) is 7.14. The largest absolute Gasteiger partial charge is 0.490 e. The molecule has 3 aromatic rings. The van der Waals surface area contributed by atoms with E-state index in [0.29, 0.717) is 17.7 Å². The summed E-state index contributed by atoms with van der Waals surface area (Å²) in [4.78, 5) is 37.0. The molecule has 34 heavy (non-hydrogen) atoms. The van der Waals surface area contributed by atoms with E-state index in [1.807, 2.05) is 42.7 Å². The maximum absolute atomic E-state index is 12.4. The van der Waals surface area contributed by atoms with Gasteiger partial charge < -0.3 is 20.3 Å². The number of aryl methyl sites for hydroxylation is 1. The average molecular weight is 476 g/mol. The number of nitrogens with one attached hydrogen (secondary N) is 2. The summed E-state index contributed by atoms with van der Waals surface area (Å²) in [6, 6.07) is 14.6. The molecule has 1 aromatic heterocycles. The molecular formula is C23H23F3N4O4. The minimum Gasteiger partial charge on any atom is -0.475 e. The third-order valence-electron chi connectivity index (χ3n) is 4.76. The van der Waals surface area contributed by atoms with E-state index >= 15 is 0 Å². The zero-order valence-electron chi connectivity index (χ0n) is 18.6. The van der Waals surface area contributed by atoms with Crippen molar-refractivity contribution in [2.75, 3.05) is 12.4 Å². The van der Waals surface area contributed by atoms with Crippen molar-refractivity contribution < 1.29 is 32.7 Å². The maximum Gasteiger partial charge on any atom is 0.490 e. The molecule has 0 unspecified atom stereocenters. The number of aliphatic carboxylic acids is 1. The highest BCUT2D eigenvalue weighted by Gasteiger charge is 2.38. The highest BCUT2D eigenvalue weighted by Crippen LogP contribution is 2.17. The smallest absolute Gasteiger partial charge is 0.475 e. The van der Waals surface area contributed by atoms with Crippen molar-refractivity contribution in [1.82, 2.24) is 14.9 Å². The molecule has 180 valence electrons. The third-order valence-corrected chi connectivity index (χ3v) is 4.76. The van der Waals surface area contributed by atoms with Crippen LogP contribution < -0.4 is 10.6 Å². The highest BCUT2D eigenvalue weighted by atomic mass is 19.4. The molecule has 0 spiro atoms. The van der Waals surface area contributed by atoms with E-state index in [1.165, 1.54) is 0 Å². The van der Waals surface area contributed by atoms with Gasteiger partial charge in [0.15, 0.2) is 0 Å². The first-order valence-electron chi connectivity index (χ1n) is 9.94. The SMILES string of the molecule is CNC(=O)Cc1ccc(C(=O)Nc2ccc(-n3cnc(C)c3C)cc2)cc1.O=C(O)C(F)(F)F. The quantitative estimate of drug-likeness (QED) is 0.520. The Kier molecular flexibility index (Phi) is 8.54. The molecule has 0 fully saturated rings. The van der Waals surface area contributed by atoms with Gasteiger partial charge in [0.2, 0.25) is 5.91 Å². The van der Waals surface area contributed by atoms with E-state index in [9.17, 15) is 22.8 Å². The summed E-state index contributed by atoms with van der Waals surface area (Å²) in [5, 5.41) is 12.6. The Morgan fingerprint density at radius 3 is 2.00 bits per heavy atom. The van der Waals surface area contributed by atoms with Gasteiger partial charge in [-0.1, -0.05) is 12.1 Å². The third kappa shape index (κ3) is 7.19. The van der Waals surface area contributed by atoms with Crippen LogP contribution in [0.25, 0.3) is 5.69 Å². The summed E-state index contributed by atoms with van der Waals surface area (Å²) in [5.41, 5.74) is 5.19. The minimum absolute atomic E-state index is 0.0596. The van der Waals surface area contributed by atoms with Crippen molar-refractivity contribution in [2.45, 2.75) is 26.4 Å². The number of alkyl halides is 3. The number of halogens is 3. The Bertz CT molecular complexity index is 1150. The van der Waals surface area contributed by atoms with Gasteiger partial charge in [-0.3, -0.25) is 9.59 Å². The molecule has 2 amide bonds. The summed E-state index contributed by atoms with van der Waals surface area (Å²) < 4.78 is 33.7. The van der Waals surface area contributed by atoms with Crippen molar-refractivity contribution >= 4 is 23.5 Å². The standard InChI is InChI=1S/C21H22N4O2.C2HF3O2/c1-14-15(2)25(13-23-14)19-10-8-18(9-11-19)24-21(27)17-6-4-16(5-7-17)12-20(26)22-3;3-2(4,5)1(6)7/h4-11,13H,12H2,1-3H3,(H,22,26)(H,24,27);(H,6,7). The first-order valence-corrected chi connectivity index (χ1v) is 9.94. The first-order chi connectivity index (χ1) is 15.9. The van der Waals surface area contributed by atoms with Crippen LogP contribution in [0, 0.1) is 13.8 Å². The first kappa shape index (κ1) is 26.1. The van der Waals surface area contributed by atoms with Crippen molar-refractivity contribution in [2.24, 2.45) is 0 Å². The predicted molar refractivity (Wildman–Crippen MR) is 119 cm³/mol. The Morgan fingerprint density at radius 1 is 1.00 bits per heavy atom. The van der Waals surface area contributed by atoms with Crippen LogP contribution in [0.1, 0.15) is 27.3 Å². The number of imidazole rings is 1. The Labute approximate surface area is 193 Å². The lowest BCUT2D eigenvalue weighted by Gasteiger charge is -2.09. The summed E-state index contributed by atoms with van der Waals surface area (Å²) in [6.07, 6.45) is -2.99. The molecule has 0 saturated carbocycles. The van der Waals surface area contributed by atoms with E-state index in [1.54, 1.807) is 37.6 Å². The summed E-state index contributed by atoms with van der Waals surface area (Å²) >= 11 is 0. The molecule has 8 nitrogen and oxygen atoms in total. The van der Waals surface area contributed by atoms with E-state index in [-0.39, 0.29) is 11.8 Å². The van der Waals surface area contributed by atoms with Gasteiger partial charge in [-0.2, -0.15) is 13.2 Å². The fourth-order valence-electron chi connectivity index (χ4n) is 2.72. The Morgan fingerprint density at radius 2 is 1.56 bits per heavy atom. The average Bonchev–Trinajstić information content (AvgIpc) is 3.12. The van der Waals surface area contributed by atoms with Crippen molar-refractivity contribution in [3.05, 3.63) is 77.4 Å². The van der Waals surface area contributed by atoms with E-state index in [2.05, 4.69) is 15.6 Å². The molecule has 0 aliphatic carbocycles. The molecule has 2 aromatic carbocycles. The van der Waals surface area contributed by atoms with Crippen LogP contribution in [0.3, 0.4) is 0 Å². The van der Waals surface area contributed by atoms with Crippen LogP contribution in [0.4, 0.5) is 18.9 Å². The number of carbonyl (C=O) groups excluding carboxylic acids is 2. The lowest BCUT2D eigenvalue weighted by molar-refractivity contribution is -0.192. The molecule has 0 saturated heterocycles. The number of rotatable bonds is 5. The predicted octanol–water partition coefficient (Wildman–Crippen LogP) is 3.66. The lowest BCUT2D eigenvalue weighted by Crippen LogP contribution is -2.21. The van der Waals surface area contributed by atoms with Crippen LogP contribution in [0.15, 0.2) is 54.9 Å². The van der Waals surface area contributed by atoms with Gasteiger partial charge >= 0.3 is 12.1 Å². The minimum atomic E-state index is -5.08. The number of carboxylic acid groups (broad SMARTS) is 1. The highest BCUT2D eigenvalue weighted by molar-refractivity contribution is 6.04. The van der Waals surface area contributed by atoms with Crippen molar-refractivity contribution in [3.63, 3.8) is 0 Å². The van der Waals surface area contributed by atoms with Crippen LogP contribution in [-0.4, -0.2) is 45.7 Å². The number of benzene rings is 2. The number of anilines is 1. The number of aromatic nitrogens is 2. The zero-order valence-corrected chi connectivity index (χ0v) is 18.6. The fraction of sp³-hybridized carbons (Fsp3) is 0.217. The van der Waals surface area contributed by atoms with Gasteiger partial charge in [-0.05, 0) is 55.8 Å². The monoisotopic (exact) mass is 476 g/mol. The van der Waals surface area contributed by atoms with Crippen LogP contribution >= 0.6 is 0 Å². The molecule has 3 N–H and O–H groups in total. The van der Waals surface area contributed by atoms with Gasteiger partial charge in [-0.25, -0.2) is 9.78 Å². The molecule has 0 atom stereocenters. The Balaban J connectivity index is 0.000000509. The van der Waals surface area contributed by atoms with Crippen LogP contribution in [0.2, 0.25) is 0 Å². The van der Waals surface area contributed by atoms with Crippen LogP contribution in [0.5, 0.6) is 0 Å². The number of hydrogen-bond donors (Lipinski definition) is 3. The van der Waals surface area contributed by atoms with Gasteiger partial charge in [0.05, 0.1) is 18.4 Å². The topological polar surface area (TPSA) is 113 Å². The number of likely N-dealkylation sites (N-methyl/N-ethyl adjacent to an activating group) is 1. The summed E-state index contributed by atoms with van der Waals surface area (Å²) in [5.74, 6) is -3.01. The fourth-order valence-corrected chi connectivity index (χ4v) is 2.72. The molecule has 0 aliphatic rings. The zero-order chi connectivity index (χ0) is 25.5. The van der Waals surface area contributed by atoms with E-state index < -0.39 is 12.1 Å². The molecule has 1 heterocycles. The van der Waals surface area contributed by atoms with Gasteiger partial charge in [0.1, 0.15) is 0 Å². The number of nitrogens with zero attached hydrogens (tertiary/aromatic N) is 2. The normalized spacial score (nSPS) is 10.6. The van der Waals surface area contributed by atoms with Gasteiger partial charge in [0, 0.05) is 29.7 Å². The van der Waals surface area contributed by atoms with E-state index in [4.69, 9.17) is 9.90 Å². The number of hydrogen-bond acceptors (Lipinski definition) is 4. The van der Waals surface area contributed by atoms with Crippen molar-refractivity contribution in [1.29, 1.82) is 0 Å². The van der Waals surface area contributed by atoms with Gasteiger partial charge in [-0.15, -0.1) is 0 Å². The number of carbonyl (C=O) groups is 3. The number of carboxylic acids is 1. The summed E-state index contributed by atoms with van der Waals surface area (Å²) in [7, 11) is 1.60. The summed E-state index contributed by atoms with van der Waals surface area (Å²) in [6.45, 7) is 3.99. The molecule has 0 bridgehead atoms. The van der Waals surface area contributed by atoms with E-state index in [0.717, 1.165) is 22.6 Å². The number of amides is 2. The molecule has 0 radical (unpaired) electrons. The maximum atomic E-state index is 12.4. The Hall–Kier alpha value is -4.15. The van der Waals surface area contributed by atoms with Crippen LogP contribution in [-0.2, 0) is 16.0 Å². The molecular weight excluding hydrogens is 453 g/mol. The van der Waals surface area contributed by atoms with Gasteiger partial charge in [0.25, 0.3) is 5.91 Å². The second kappa shape index (κ2) is 11.1. The molecule has 3 rings (SSSR count). The molecule has 11 heteroatoms. The van der Waals surface area contributed by atoms with Crippen molar-refractivity contribution in [3.8, 4) is 5.69 Å². The lowest BCUT2D eigenvalue weighted by atomic mass is 10.1.